The maximum absolute atomic E-state index is 11.3. The number of carbonyl (C=O) groups is 1. The van der Waals surface area contributed by atoms with E-state index in [1.54, 1.807) is 0 Å². The van der Waals surface area contributed by atoms with E-state index in [0.717, 1.165) is 32.5 Å². The summed E-state index contributed by atoms with van der Waals surface area (Å²) < 4.78 is 0. The summed E-state index contributed by atoms with van der Waals surface area (Å²) >= 11 is 0. The summed E-state index contributed by atoms with van der Waals surface area (Å²) in [6.07, 6.45) is 5.31. The molecule has 0 bridgehead atoms. The highest BCUT2D eigenvalue weighted by Crippen LogP contribution is 2.35. The lowest BCUT2D eigenvalue weighted by Crippen LogP contribution is -2.44. The van der Waals surface area contributed by atoms with Crippen molar-refractivity contribution in [3.63, 3.8) is 0 Å². The zero-order valence-corrected chi connectivity index (χ0v) is 12.8. The fourth-order valence-corrected chi connectivity index (χ4v) is 3.80. The van der Waals surface area contributed by atoms with Gasteiger partial charge in [0.1, 0.15) is 0 Å². The third-order valence-corrected chi connectivity index (χ3v) is 5.45. The van der Waals surface area contributed by atoms with Crippen molar-refractivity contribution in [3.05, 3.63) is 35.4 Å². The highest BCUT2D eigenvalue weighted by atomic mass is 16.4. The smallest absolute Gasteiger partial charge is 0.309 e. The summed E-state index contributed by atoms with van der Waals surface area (Å²) in [5.74, 6) is -0.00528. The molecule has 2 aliphatic rings. The number of nitrogens with zero attached hydrogens (tertiary/aromatic N) is 1. The third-order valence-electron chi connectivity index (χ3n) is 5.45. The summed E-state index contributed by atoms with van der Waals surface area (Å²) in [7, 11) is 0. The number of carboxylic acids is 1. The molecule has 1 aromatic carbocycles. The maximum Gasteiger partial charge on any atom is 0.309 e. The molecule has 3 nitrogen and oxygen atoms in total. The Labute approximate surface area is 127 Å². The van der Waals surface area contributed by atoms with Gasteiger partial charge >= 0.3 is 5.97 Å². The Morgan fingerprint density at radius 2 is 2.05 bits per heavy atom. The van der Waals surface area contributed by atoms with Crippen LogP contribution in [-0.4, -0.2) is 35.6 Å². The Kier molecular flexibility index (Phi) is 4.03. The van der Waals surface area contributed by atoms with Crippen molar-refractivity contribution >= 4 is 5.97 Å². The van der Waals surface area contributed by atoms with Crippen molar-refractivity contribution in [3.8, 4) is 0 Å². The Balaban J connectivity index is 1.63. The van der Waals surface area contributed by atoms with Crippen molar-refractivity contribution < 1.29 is 9.90 Å². The van der Waals surface area contributed by atoms with Gasteiger partial charge in [-0.05, 0) is 69.2 Å². The molecular formula is C18H25NO2. The van der Waals surface area contributed by atoms with Crippen LogP contribution in [0.2, 0.25) is 0 Å². The molecule has 3 rings (SSSR count). The Bertz CT molecular complexity index is 518. The number of likely N-dealkylation sites (tertiary alicyclic amines) is 1. The molecule has 1 atom stereocenters. The highest BCUT2D eigenvalue weighted by molar-refractivity contribution is 5.74. The minimum Gasteiger partial charge on any atom is -0.481 e. The number of aryl methyl sites for hydroxylation is 1. The van der Waals surface area contributed by atoms with Gasteiger partial charge in [-0.1, -0.05) is 24.3 Å². The lowest BCUT2D eigenvalue weighted by molar-refractivity contribution is -0.150. The van der Waals surface area contributed by atoms with Gasteiger partial charge in [0.2, 0.25) is 0 Å². The predicted molar refractivity (Wildman–Crippen MR) is 83.5 cm³/mol. The average Bonchev–Trinajstić information content (AvgIpc) is 2.50. The second-order valence-electron chi connectivity index (χ2n) is 6.95. The molecule has 1 N–H and O–H groups in total. The number of carboxylic acid groups (broad SMARTS) is 1. The second-order valence-corrected chi connectivity index (χ2v) is 6.95. The molecule has 0 saturated carbocycles. The lowest BCUT2D eigenvalue weighted by Gasteiger charge is -2.39. The van der Waals surface area contributed by atoms with Gasteiger partial charge in [0.15, 0.2) is 0 Å². The van der Waals surface area contributed by atoms with Gasteiger partial charge in [0.05, 0.1) is 5.41 Å². The van der Waals surface area contributed by atoms with E-state index in [1.165, 1.54) is 30.4 Å². The van der Waals surface area contributed by atoms with Gasteiger partial charge in [-0.25, -0.2) is 0 Å². The molecular weight excluding hydrogens is 262 g/mol. The number of hydrogen-bond acceptors (Lipinski definition) is 2. The molecule has 0 radical (unpaired) electrons. The van der Waals surface area contributed by atoms with Crippen LogP contribution in [0.1, 0.15) is 49.7 Å². The average molecular weight is 287 g/mol. The molecule has 0 amide bonds. The van der Waals surface area contributed by atoms with Gasteiger partial charge in [-0.3, -0.25) is 4.79 Å². The van der Waals surface area contributed by atoms with Crippen molar-refractivity contribution in [2.75, 3.05) is 19.6 Å². The topological polar surface area (TPSA) is 40.5 Å². The molecule has 1 aliphatic heterocycles. The standard InChI is InChI=1S/C18H25NO2/c1-18(17(20)21)9-11-19(12-10-18)13-15-7-4-6-14-5-2-3-8-16(14)15/h2-3,5,8,15H,4,6-7,9-13H2,1H3,(H,20,21). The summed E-state index contributed by atoms with van der Waals surface area (Å²) in [6, 6.07) is 8.83. The summed E-state index contributed by atoms with van der Waals surface area (Å²) in [6.45, 7) is 4.82. The molecule has 3 heteroatoms. The Hall–Kier alpha value is -1.35. The first-order valence-electron chi connectivity index (χ1n) is 8.12. The molecule has 1 aliphatic carbocycles. The van der Waals surface area contributed by atoms with Crippen LogP contribution in [0.5, 0.6) is 0 Å². The van der Waals surface area contributed by atoms with Gasteiger partial charge in [-0.2, -0.15) is 0 Å². The van der Waals surface area contributed by atoms with Gasteiger partial charge < -0.3 is 10.0 Å². The molecule has 1 heterocycles. The van der Waals surface area contributed by atoms with Crippen molar-refractivity contribution in [1.29, 1.82) is 0 Å². The monoisotopic (exact) mass is 287 g/mol. The molecule has 1 fully saturated rings. The van der Waals surface area contributed by atoms with Crippen molar-refractivity contribution in [1.82, 2.24) is 4.90 Å². The van der Waals surface area contributed by atoms with Crippen LogP contribution in [0.15, 0.2) is 24.3 Å². The molecule has 1 saturated heterocycles. The number of benzene rings is 1. The van der Waals surface area contributed by atoms with E-state index in [-0.39, 0.29) is 0 Å². The number of fused-ring (bicyclic) bond motifs is 1. The van der Waals surface area contributed by atoms with Gasteiger partial charge in [0.25, 0.3) is 0 Å². The second kappa shape index (κ2) is 5.80. The zero-order chi connectivity index (χ0) is 14.9. The summed E-state index contributed by atoms with van der Waals surface area (Å²) in [5, 5.41) is 9.32. The first-order valence-corrected chi connectivity index (χ1v) is 8.12. The zero-order valence-electron chi connectivity index (χ0n) is 12.8. The normalized spacial score (nSPS) is 25.3. The van der Waals surface area contributed by atoms with E-state index in [2.05, 4.69) is 29.2 Å². The van der Waals surface area contributed by atoms with E-state index in [9.17, 15) is 9.90 Å². The van der Waals surface area contributed by atoms with Crippen LogP contribution in [0.4, 0.5) is 0 Å². The molecule has 1 aromatic rings. The van der Waals surface area contributed by atoms with Crippen LogP contribution in [-0.2, 0) is 11.2 Å². The fraction of sp³-hybridized carbons (Fsp3) is 0.611. The Morgan fingerprint density at radius 3 is 2.76 bits per heavy atom. The van der Waals surface area contributed by atoms with Gasteiger partial charge in [0, 0.05) is 6.54 Å². The Morgan fingerprint density at radius 1 is 1.33 bits per heavy atom. The molecule has 1 unspecified atom stereocenters. The van der Waals surface area contributed by atoms with E-state index in [0.29, 0.717) is 5.92 Å². The largest absolute Gasteiger partial charge is 0.481 e. The van der Waals surface area contributed by atoms with E-state index in [4.69, 9.17) is 0 Å². The van der Waals surface area contributed by atoms with E-state index >= 15 is 0 Å². The summed E-state index contributed by atoms with van der Waals surface area (Å²) in [4.78, 5) is 13.8. The number of rotatable bonds is 3. The minimum atomic E-state index is -0.634. The molecule has 114 valence electrons. The predicted octanol–water partition coefficient (Wildman–Crippen LogP) is 3.29. The van der Waals surface area contributed by atoms with E-state index < -0.39 is 11.4 Å². The van der Waals surface area contributed by atoms with Crippen LogP contribution < -0.4 is 0 Å². The maximum atomic E-state index is 11.3. The van der Waals surface area contributed by atoms with Crippen LogP contribution in [0, 0.1) is 5.41 Å². The molecule has 0 spiro atoms. The van der Waals surface area contributed by atoms with Crippen LogP contribution >= 0.6 is 0 Å². The number of piperidine rings is 1. The van der Waals surface area contributed by atoms with Crippen LogP contribution in [0.25, 0.3) is 0 Å². The van der Waals surface area contributed by atoms with Crippen LogP contribution in [0.3, 0.4) is 0 Å². The minimum absolute atomic E-state index is 0.513. The van der Waals surface area contributed by atoms with Crippen molar-refractivity contribution in [2.45, 2.75) is 44.9 Å². The first kappa shape index (κ1) is 14.6. The molecule has 21 heavy (non-hydrogen) atoms. The fourth-order valence-electron chi connectivity index (χ4n) is 3.80. The summed E-state index contributed by atoms with van der Waals surface area (Å²) in [5.41, 5.74) is 2.53. The lowest BCUT2D eigenvalue weighted by atomic mass is 9.79. The van der Waals surface area contributed by atoms with Crippen molar-refractivity contribution in [2.24, 2.45) is 5.41 Å². The quantitative estimate of drug-likeness (QED) is 0.927. The molecule has 0 aromatic heterocycles. The van der Waals surface area contributed by atoms with E-state index in [1.807, 2.05) is 6.92 Å². The third kappa shape index (κ3) is 2.98. The number of aliphatic carboxylic acids is 1. The number of hydrogen-bond donors (Lipinski definition) is 1. The SMILES string of the molecule is CC1(C(=O)O)CCN(CC2CCCc3ccccc32)CC1. The highest BCUT2D eigenvalue weighted by Gasteiger charge is 2.37. The first-order chi connectivity index (χ1) is 10.1. The van der Waals surface area contributed by atoms with Gasteiger partial charge in [-0.15, -0.1) is 0 Å².